The average molecular weight is 387 g/mol. The van der Waals surface area contributed by atoms with Crippen molar-refractivity contribution in [2.45, 2.75) is 37.0 Å². The summed E-state index contributed by atoms with van der Waals surface area (Å²) in [6, 6.07) is 5.54. The van der Waals surface area contributed by atoms with Gasteiger partial charge in [0.2, 0.25) is 0 Å². The van der Waals surface area contributed by atoms with Crippen molar-refractivity contribution in [3.63, 3.8) is 0 Å². The van der Waals surface area contributed by atoms with Crippen molar-refractivity contribution in [1.82, 2.24) is 15.5 Å². The van der Waals surface area contributed by atoms with Crippen LogP contribution in [0.4, 0.5) is 5.69 Å². The monoisotopic (exact) mass is 386 g/mol. The number of carbonyl (C=O) groups excluding carboxylic acids is 1. The van der Waals surface area contributed by atoms with E-state index in [4.69, 9.17) is 11.6 Å². The van der Waals surface area contributed by atoms with Crippen LogP contribution < -0.4 is 10.6 Å². The standard InChI is InChI=1S/C16H19ClN4OS.ClH/c1-9(2)23-15-11(17)4-3-5-13(15)19-16(22)14-10-8-18-7-6-12(10)20-21-14;/h3-5,9,18H,6-8H2,1-2H3,(H,19,22)(H,20,21);1H. The van der Waals surface area contributed by atoms with Gasteiger partial charge in [-0.25, -0.2) is 0 Å². The normalized spacial score (nSPS) is 13.3. The number of hydrogen-bond donors (Lipinski definition) is 3. The maximum atomic E-state index is 12.6. The van der Waals surface area contributed by atoms with Gasteiger partial charge in [0.1, 0.15) is 0 Å². The number of rotatable bonds is 4. The van der Waals surface area contributed by atoms with Crippen molar-refractivity contribution in [3.8, 4) is 0 Å². The summed E-state index contributed by atoms with van der Waals surface area (Å²) >= 11 is 7.93. The van der Waals surface area contributed by atoms with Gasteiger partial charge in [-0.1, -0.05) is 31.5 Å². The zero-order valence-electron chi connectivity index (χ0n) is 13.5. The summed E-state index contributed by atoms with van der Waals surface area (Å²) in [7, 11) is 0. The minimum atomic E-state index is -0.209. The van der Waals surface area contributed by atoms with Gasteiger partial charge in [-0.15, -0.1) is 24.2 Å². The smallest absolute Gasteiger partial charge is 0.276 e. The lowest BCUT2D eigenvalue weighted by Crippen LogP contribution is -2.25. The van der Waals surface area contributed by atoms with E-state index in [2.05, 4.69) is 34.7 Å². The number of amides is 1. The van der Waals surface area contributed by atoms with E-state index in [1.807, 2.05) is 18.2 Å². The number of aromatic nitrogens is 2. The van der Waals surface area contributed by atoms with E-state index in [1.165, 1.54) is 0 Å². The van der Waals surface area contributed by atoms with Crippen LogP contribution in [0.1, 0.15) is 35.6 Å². The number of benzene rings is 1. The molecule has 0 spiro atoms. The van der Waals surface area contributed by atoms with Gasteiger partial charge in [0.15, 0.2) is 5.69 Å². The quantitative estimate of drug-likeness (QED) is 0.697. The summed E-state index contributed by atoms with van der Waals surface area (Å²) < 4.78 is 0. The molecule has 0 aliphatic carbocycles. The van der Waals surface area contributed by atoms with Crippen LogP contribution in [0.15, 0.2) is 23.1 Å². The highest BCUT2D eigenvalue weighted by molar-refractivity contribution is 8.00. The third-order valence-corrected chi connectivity index (χ3v) is 5.16. The molecule has 1 aromatic carbocycles. The van der Waals surface area contributed by atoms with E-state index in [-0.39, 0.29) is 18.3 Å². The number of fused-ring (bicyclic) bond motifs is 1. The number of carbonyl (C=O) groups is 1. The summed E-state index contributed by atoms with van der Waals surface area (Å²) in [6.45, 7) is 5.75. The molecule has 0 fully saturated rings. The Morgan fingerprint density at radius 3 is 2.96 bits per heavy atom. The number of H-pyrrole nitrogens is 1. The van der Waals surface area contributed by atoms with Crippen molar-refractivity contribution in [3.05, 3.63) is 40.2 Å². The van der Waals surface area contributed by atoms with Gasteiger partial charge >= 0.3 is 0 Å². The molecule has 3 N–H and O–H groups in total. The Balaban J connectivity index is 0.00000208. The second-order valence-corrected chi connectivity index (χ2v) is 7.69. The first-order valence-corrected chi connectivity index (χ1v) is 8.85. The van der Waals surface area contributed by atoms with Crippen molar-refractivity contribution in [2.75, 3.05) is 11.9 Å². The van der Waals surface area contributed by atoms with Crippen molar-refractivity contribution < 1.29 is 4.79 Å². The molecule has 8 heteroatoms. The van der Waals surface area contributed by atoms with Gasteiger partial charge in [0.05, 0.1) is 10.7 Å². The van der Waals surface area contributed by atoms with E-state index in [0.717, 1.165) is 34.8 Å². The minimum absolute atomic E-state index is 0. The highest BCUT2D eigenvalue weighted by atomic mass is 35.5. The molecular formula is C16H20Cl2N4OS. The number of halogens is 2. The molecule has 0 unspecified atom stereocenters. The summed E-state index contributed by atoms with van der Waals surface area (Å²) in [5.41, 5.74) is 3.17. The number of aromatic amines is 1. The van der Waals surface area contributed by atoms with Crippen LogP contribution in [0.25, 0.3) is 0 Å². The molecule has 0 saturated heterocycles. The Morgan fingerprint density at radius 2 is 2.21 bits per heavy atom. The lowest BCUT2D eigenvalue weighted by Gasteiger charge is -2.15. The van der Waals surface area contributed by atoms with E-state index in [0.29, 0.717) is 22.5 Å². The fraction of sp³-hybridized carbons (Fsp3) is 0.375. The zero-order valence-corrected chi connectivity index (χ0v) is 15.9. The highest BCUT2D eigenvalue weighted by Crippen LogP contribution is 2.36. The van der Waals surface area contributed by atoms with Crippen LogP contribution in [0, 0.1) is 0 Å². The number of thioether (sulfide) groups is 1. The fourth-order valence-corrected chi connectivity index (χ4v) is 3.76. The Bertz CT molecular complexity index is 733. The third kappa shape index (κ3) is 4.06. The number of nitrogens with one attached hydrogen (secondary N) is 3. The number of anilines is 1. The second-order valence-electron chi connectivity index (χ2n) is 5.69. The summed E-state index contributed by atoms with van der Waals surface area (Å²) in [5.74, 6) is -0.209. The van der Waals surface area contributed by atoms with Gasteiger partial charge in [-0.3, -0.25) is 9.89 Å². The van der Waals surface area contributed by atoms with Crippen LogP contribution >= 0.6 is 35.8 Å². The van der Waals surface area contributed by atoms with Crippen LogP contribution in [0.2, 0.25) is 5.02 Å². The van der Waals surface area contributed by atoms with E-state index in [9.17, 15) is 4.79 Å². The molecule has 3 rings (SSSR count). The molecule has 2 heterocycles. The largest absolute Gasteiger partial charge is 0.319 e. The number of nitrogens with zero attached hydrogens (tertiary/aromatic N) is 1. The number of hydrogen-bond acceptors (Lipinski definition) is 4. The summed E-state index contributed by atoms with van der Waals surface area (Å²) in [5, 5.41) is 14.4. The molecule has 1 amide bonds. The summed E-state index contributed by atoms with van der Waals surface area (Å²) in [6.07, 6.45) is 0.862. The molecule has 1 aliphatic heterocycles. The first-order chi connectivity index (χ1) is 11.1. The van der Waals surface area contributed by atoms with Crippen molar-refractivity contribution in [1.29, 1.82) is 0 Å². The topological polar surface area (TPSA) is 69.8 Å². The molecular weight excluding hydrogens is 367 g/mol. The fourth-order valence-electron chi connectivity index (χ4n) is 2.56. The Kier molecular flexibility index (Phi) is 6.57. The lowest BCUT2D eigenvalue weighted by atomic mass is 10.1. The lowest BCUT2D eigenvalue weighted by molar-refractivity contribution is 0.102. The van der Waals surface area contributed by atoms with Gasteiger partial charge < -0.3 is 10.6 Å². The predicted molar refractivity (Wildman–Crippen MR) is 102 cm³/mol. The summed E-state index contributed by atoms with van der Waals surface area (Å²) in [4.78, 5) is 13.5. The molecule has 0 saturated carbocycles. The molecule has 0 radical (unpaired) electrons. The first kappa shape index (κ1) is 19.1. The van der Waals surface area contributed by atoms with Gasteiger partial charge in [-0.05, 0) is 12.1 Å². The first-order valence-electron chi connectivity index (χ1n) is 7.59. The molecule has 5 nitrogen and oxygen atoms in total. The average Bonchev–Trinajstić information content (AvgIpc) is 2.94. The van der Waals surface area contributed by atoms with Gasteiger partial charge in [-0.2, -0.15) is 5.10 Å². The van der Waals surface area contributed by atoms with E-state index >= 15 is 0 Å². The SMILES string of the molecule is CC(C)Sc1c(Cl)cccc1NC(=O)c1n[nH]c2c1CNCC2.Cl. The van der Waals surface area contributed by atoms with Crippen LogP contribution in [-0.2, 0) is 13.0 Å². The zero-order chi connectivity index (χ0) is 16.4. The van der Waals surface area contributed by atoms with Gasteiger partial charge in [0, 0.05) is 40.9 Å². The van der Waals surface area contributed by atoms with E-state index < -0.39 is 0 Å². The predicted octanol–water partition coefficient (Wildman–Crippen LogP) is 3.88. The molecule has 1 aliphatic rings. The molecule has 2 aromatic rings. The van der Waals surface area contributed by atoms with Crippen LogP contribution in [0.3, 0.4) is 0 Å². The Hall–Kier alpha value is -1.21. The second kappa shape index (κ2) is 8.25. The molecule has 0 bridgehead atoms. The van der Waals surface area contributed by atoms with Crippen molar-refractivity contribution in [2.24, 2.45) is 0 Å². The van der Waals surface area contributed by atoms with E-state index in [1.54, 1.807) is 11.8 Å². The Labute approximate surface area is 156 Å². The maximum absolute atomic E-state index is 12.6. The Morgan fingerprint density at radius 1 is 1.42 bits per heavy atom. The van der Waals surface area contributed by atoms with Crippen LogP contribution in [0.5, 0.6) is 0 Å². The van der Waals surface area contributed by atoms with Crippen LogP contribution in [-0.4, -0.2) is 27.9 Å². The minimum Gasteiger partial charge on any atom is -0.319 e. The molecule has 0 atom stereocenters. The third-order valence-electron chi connectivity index (χ3n) is 3.59. The molecule has 24 heavy (non-hydrogen) atoms. The molecule has 130 valence electrons. The van der Waals surface area contributed by atoms with Gasteiger partial charge in [0.25, 0.3) is 5.91 Å². The van der Waals surface area contributed by atoms with Crippen molar-refractivity contribution >= 4 is 47.4 Å². The highest BCUT2D eigenvalue weighted by Gasteiger charge is 2.22. The molecule has 1 aromatic heterocycles. The maximum Gasteiger partial charge on any atom is 0.276 e.